The van der Waals surface area contributed by atoms with Crippen molar-refractivity contribution >= 4 is 0 Å². The van der Waals surface area contributed by atoms with Crippen LogP contribution in [-0.4, -0.2) is 12.6 Å². The fourth-order valence-corrected chi connectivity index (χ4v) is 2.02. The molecule has 0 aromatic carbocycles. The van der Waals surface area contributed by atoms with E-state index in [1.807, 2.05) is 0 Å². The molecule has 1 aliphatic carbocycles. The van der Waals surface area contributed by atoms with Gasteiger partial charge in [-0.3, -0.25) is 0 Å². The second-order valence-corrected chi connectivity index (χ2v) is 4.32. The zero-order valence-electron chi connectivity index (χ0n) is 8.78. The van der Waals surface area contributed by atoms with Gasteiger partial charge in [-0.25, -0.2) is 0 Å². The van der Waals surface area contributed by atoms with Crippen molar-refractivity contribution in [2.24, 2.45) is 5.92 Å². The Kier molecular flexibility index (Phi) is 2.94. The zero-order valence-corrected chi connectivity index (χ0v) is 8.78. The molecule has 0 saturated carbocycles. The molecule has 0 aliphatic heterocycles. The molecule has 1 N–H and O–H groups in total. The minimum absolute atomic E-state index is 0.375. The van der Waals surface area contributed by atoms with E-state index in [1.54, 1.807) is 5.57 Å². The molecule has 1 rings (SSSR count). The molecule has 0 spiro atoms. The Bertz CT molecular complexity index is 181. The minimum Gasteiger partial charge on any atom is -0.314 e. The Morgan fingerprint density at radius 1 is 1.50 bits per heavy atom. The smallest absolute Gasteiger partial charge is 0.0238 e. The van der Waals surface area contributed by atoms with E-state index in [4.69, 9.17) is 0 Å². The summed E-state index contributed by atoms with van der Waals surface area (Å²) in [7, 11) is 2.09. The van der Waals surface area contributed by atoms with Crippen molar-refractivity contribution in [1.29, 1.82) is 0 Å². The van der Waals surface area contributed by atoms with E-state index in [1.165, 1.54) is 19.3 Å². The maximum absolute atomic E-state index is 3.49. The highest BCUT2D eigenvalue weighted by Gasteiger charge is 2.32. The molecule has 1 nitrogen and oxygen atoms in total. The van der Waals surface area contributed by atoms with Crippen LogP contribution < -0.4 is 5.32 Å². The van der Waals surface area contributed by atoms with Gasteiger partial charge in [0.05, 0.1) is 0 Å². The minimum atomic E-state index is 0.375. The fourth-order valence-electron chi connectivity index (χ4n) is 2.02. The number of allylic oxidation sites excluding steroid dienone is 1. The maximum Gasteiger partial charge on any atom is 0.0238 e. The zero-order chi connectivity index (χ0) is 9.19. The number of nitrogens with one attached hydrogen (secondary N) is 1. The van der Waals surface area contributed by atoms with E-state index in [9.17, 15) is 0 Å². The summed E-state index contributed by atoms with van der Waals surface area (Å²) in [4.78, 5) is 0. The largest absolute Gasteiger partial charge is 0.314 e. The van der Waals surface area contributed by atoms with Crippen molar-refractivity contribution < 1.29 is 0 Å². The Labute approximate surface area is 76.2 Å². The highest BCUT2D eigenvalue weighted by atomic mass is 14.9. The van der Waals surface area contributed by atoms with Gasteiger partial charge >= 0.3 is 0 Å². The van der Waals surface area contributed by atoms with E-state index >= 15 is 0 Å². The summed E-state index contributed by atoms with van der Waals surface area (Å²) in [6.07, 6.45) is 6.15. The molecule has 0 aromatic rings. The number of hydrogen-bond acceptors (Lipinski definition) is 1. The molecule has 0 heterocycles. The van der Waals surface area contributed by atoms with Gasteiger partial charge in [-0.15, -0.1) is 0 Å². The molecule has 0 amide bonds. The third-order valence-electron chi connectivity index (χ3n) is 3.38. The average molecular weight is 167 g/mol. The summed E-state index contributed by atoms with van der Waals surface area (Å²) in [5.41, 5.74) is 1.93. The highest BCUT2D eigenvalue weighted by molar-refractivity contribution is 5.11. The van der Waals surface area contributed by atoms with Gasteiger partial charge in [0.1, 0.15) is 0 Å². The third-order valence-corrected chi connectivity index (χ3v) is 3.38. The first-order valence-corrected chi connectivity index (χ1v) is 4.95. The summed E-state index contributed by atoms with van der Waals surface area (Å²) >= 11 is 0. The third kappa shape index (κ3) is 1.71. The van der Waals surface area contributed by atoms with Gasteiger partial charge in [-0.2, -0.15) is 0 Å². The first-order chi connectivity index (χ1) is 5.60. The first-order valence-electron chi connectivity index (χ1n) is 4.95. The lowest BCUT2D eigenvalue weighted by Crippen LogP contribution is -2.48. The Balaban J connectivity index is 2.71. The molecule has 1 aliphatic rings. The van der Waals surface area contributed by atoms with Gasteiger partial charge in [0.15, 0.2) is 0 Å². The van der Waals surface area contributed by atoms with E-state index in [-0.39, 0.29) is 0 Å². The van der Waals surface area contributed by atoms with E-state index in [0.717, 1.165) is 5.92 Å². The topological polar surface area (TPSA) is 12.0 Å². The maximum atomic E-state index is 3.49. The summed E-state index contributed by atoms with van der Waals surface area (Å²) < 4.78 is 0. The molecular formula is C11H21N. The van der Waals surface area contributed by atoms with Crippen molar-refractivity contribution in [3.63, 3.8) is 0 Å². The first kappa shape index (κ1) is 9.79. The van der Waals surface area contributed by atoms with Crippen molar-refractivity contribution in [3.8, 4) is 0 Å². The van der Waals surface area contributed by atoms with Crippen LogP contribution in [0.1, 0.15) is 40.0 Å². The fraction of sp³-hybridized carbons (Fsp3) is 0.818. The van der Waals surface area contributed by atoms with Crippen LogP contribution in [0.2, 0.25) is 0 Å². The molecule has 0 aromatic heterocycles. The van der Waals surface area contributed by atoms with Crippen molar-refractivity contribution in [3.05, 3.63) is 11.6 Å². The van der Waals surface area contributed by atoms with E-state index in [2.05, 4.69) is 39.2 Å². The average Bonchev–Trinajstić information content (AvgIpc) is 2.06. The predicted octanol–water partition coefficient (Wildman–Crippen LogP) is 2.73. The molecule has 70 valence electrons. The van der Waals surface area contributed by atoms with Crippen LogP contribution in [0.15, 0.2) is 11.6 Å². The van der Waals surface area contributed by atoms with Crippen LogP contribution in [-0.2, 0) is 0 Å². The lowest BCUT2D eigenvalue weighted by Gasteiger charge is -2.39. The molecule has 1 atom stereocenters. The number of hydrogen-bond donors (Lipinski definition) is 1. The monoisotopic (exact) mass is 167 g/mol. The summed E-state index contributed by atoms with van der Waals surface area (Å²) in [5.74, 6) is 0.729. The van der Waals surface area contributed by atoms with Crippen LogP contribution in [0.4, 0.5) is 0 Å². The van der Waals surface area contributed by atoms with E-state index in [0.29, 0.717) is 5.54 Å². The summed E-state index contributed by atoms with van der Waals surface area (Å²) in [6, 6.07) is 0. The van der Waals surface area contributed by atoms with Crippen LogP contribution in [0.5, 0.6) is 0 Å². The summed E-state index contributed by atoms with van der Waals surface area (Å²) in [6.45, 7) is 6.86. The van der Waals surface area contributed by atoms with E-state index < -0.39 is 0 Å². The van der Waals surface area contributed by atoms with Gasteiger partial charge in [-0.1, -0.05) is 25.5 Å². The van der Waals surface area contributed by atoms with Gasteiger partial charge in [0.25, 0.3) is 0 Å². The number of rotatable bonds is 2. The van der Waals surface area contributed by atoms with Gasteiger partial charge < -0.3 is 5.32 Å². The lowest BCUT2D eigenvalue weighted by atomic mass is 9.75. The molecule has 12 heavy (non-hydrogen) atoms. The quantitative estimate of drug-likeness (QED) is 0.624. The van der Waals surface area contributed by atoms with Crippen LogP contribution >= 0.6 is 0 Å². The SMILES string of the molecule is CNC1(C(C)C)CC=C(C)CC1. The van der Waals surface area contributed by atoms with Crippen molar-refractivity contribution in [2.75, 3.05) is 7.05 Å². The molecule has 0 bridgehead atoms. The second kappa shape index (κ2) is 3.61. The van der Waals surface area contributed by atoms with Crippen LogP contribution in [0.25, 0.3) is 0 Å². The molecule has 1 unspecified atom stereocenters. The molecule has 0 saturated heterocycles. The molecule has 0 fully saturated rings. The predicted molar refractivity (Wildman–Crippen MR) is 54.2 cm³/mol. The van der Waals surface area contributed by atoms with Crippen LogP contribution in [0, 0.1) is 5.92 Å². The molecule has 0 radical (unpaired) electrons. The second-order valence-electron chi connectivity index (χ2n) is 4.32. The Morgan fingerprint density at radius 3 is 2.50 bits per heavy atom. The summed E-state index contributed by atoms with van der Waals surface area (Å²) in [5, 5.41) is 3.49. The Morgan fingerprint density at radius 2 is 2.17 bits per heavy atom. The molecule has 1 heteroatoms. The Hall–Kier alpha value is -0.300. The normalized spacial score (nSPS) is 30.6. The van der Waals surface area contributed by atoms with Gasteiger partial charge in [-0.05, 0) is 39.2 Å². The highest BCUT2D eigenvalue weighted by Crippen LogP contribution is 2.32. The lowest BCUT2D eigenvalue weighted by molar-refractivity contribution is 0.227. The van der Waals surface area contributed by atoms with Gasteiger partial charge in [0, 0.05) is 5.54 Å². The van der Waals surface area contributed by atoms with Crippen LogP contribution in [0.3, 0.4) is 0 Å². The van der Waals surface area contributed by atoms with Gasteiger partial charge in [0.2, 0.25) is 0 Å². The van der Waals surface area contributed by atoms with Crippen molar-refractivity contribution in [1.82, 2.24) is 5.32 Å². The standard InChI is InChI=1S/C11H21N/c1-9(2)11(12-4)7-5-10(3)6-8-11/h5,9,12H,6-8H2,1-4H3. The van der Waals surface area contributed by atoms with Crippen molar-refractivity contribution in [2.45, 2.75) is 45.6 Å². The molecular weight excluding hydrogens is 146 g/mol.